The van der Waals surface area contributed by atoms with Crippen LogP contribution >= 0.6 is 23.2 Å². The number of methoxy groups -OCH3 is 3. The van der Waals surface area contributed by atoms with E-state index >= 15 is 0 Å². The molecule has 0 unspecified atom stereocenters. The van der Waals surface area contributed by atoms with E-state index in [1.807, 2.05) is 12.1 Å². The number of ether oxygens (including phenoxy) is 3. The molecule has 0 spiro atoms. The summed E-state index contributed by atoms with van der Waals surface area (Å²) in [4.78, 5) is 12.0. The molecule has 0 radical (unpaired) electrons. The first kappa shape index (κ1) is 20.0. The molecule has 26 heavy (non-hydrogen) atoms. The second-order valence-corrected chi connectivity index (χ2v) is 6.11. The van der Waals surface area contributed by atoms with E-state index < -0.39 is 0 Å². The van der Waals surface area contributed by atoms with E-state index in [9.17, 15) is 4.79 Å². The Bertz CT molecular complexity index is 759. The number of anilines is 1. The molecule has 2 rings (SSSR count). The highest BCUT2D eigenvalue weighted by Crippen LogP contribution is 2.38. The van der Waals surface area contributed by atoms with E-state index in [4.69, 9.17) is 37.4 Å². The fourth-order valence-corrected chi connectivity index (χ4v) is 2.65. The third kappa shape index (κ3) is 5.09. The van der Waals surface area contributed by atoms with Crippen molar-refractivity contribution >= 4 is 34.9 Å². The van der Waals surface area contributed by atoms with E-state index in [1.165, 1.54) is 0 Å². The van der Waals surface area contributed by atoms with Gasteiger partial charge in [0.1, 0.15) is 0 Å². The molecular weight excluding hydrogens is 379 g/mol. The van der Waals surface area contributed by atoms with Gasteiger partial charge < -0.3 is 24.8 Å². The minimum atomic E-state index is -0.337. The van der Waals surface area contributed by atoms with Crippen LogP contribution in [0.2, 0.25) is 10.0 Å². The van der Waals surface area contributed by atoms with Crippen LogP contribution in [0.5, 0.6) is 17.2 Å². The fraction of sp³-hybridized carbons (Fsp3) is 0.278. The van der Waals surface area contributed by atoms with Crippen LogP contribution in [0, 0.1) is 0 Å². The highest BCUT2D eigenvalue weighted by molar-refractivity contribution is 6.42. The number of rotatable bonds is 7. The number of hydrogen-bond acceptors (Lipinski definition) is 4. The topological polar surface area (TPSA) is 68.8 Å². The molecule has 2 aromatic rings. The lowest BCUT2D eigenvalue weighted by Gasteiger charge is -2.14. The van der Waals surface area contributed by atoms with Gasteiger partial charge in [0.15, 0.2) is 11.5 Å². The van der Waals surface area contributed by atoms with Crippen LogP contribution in [-0.2, 0) is 6.42 Å². The summed E-state index contributed by atoms with van der Waals surface area (Å²) in [5.41, 5.74) is 1.50. The monoisotopic (exact) mass is 398 g/mol. The van der Waals surface area contributed by atoms with Crippen LogP contribution in [0.15, 0.2) is 30.3 Å². The van der Waals surface area contributed by atoms with Crippen LogP contribution < -0.4 is 24.8 Å². The van der Waals surface area contributed by atoms with Gasteiger partial charge in [-0.05, 0) is 42.3 Å². The van der Waals surface area contributed by atoms with Crippen molar-refractivity contribution in [3.63, 3.8) is 0 Å². The Balaban J connectivity index is 1.94. The number of urea groups is 1. The van der Waals surface area contributed by atoms with Crippen molar-refractivity contribution < 1.29 is 19.0 Å². The third-order valence-electron chi connectivity index (χ3n) is 3.60. The molecule has 0 heterocycles. The largest absolute Gasteiger partial charge is 0.493 e. The summed E-state index contributed by atoms with van der Waals surface area (Å²) < 4.78 is 15.9. The Morgan fingerprint density at radius 3 is 2.15 bits per heavy atom. The predicted octanol–water partition coefficient (Wildman–Crippen LogP) is 4.38. The van der Waals surface area contributed by atoms with E-state index in [1.54, 1.807) is 39.5 Å². The SMILES string of the molecule is COc1cc(CCNC(=O)Nc2ccc(Cl)c(Cl)c2)cc(OC)c1OC. The summed E-state index contributed by atoms with van der Waals surface area (Å²) in [6.07, 6.45) is 0.589. The first-order valence-electron chi connectivity index (χ1n) is 7.77. The van der Waals surface area contributed by atoms with E-state index in [-0.39, 0.29) is 6.03 Å². The smallest absolute Gasteiger partial charge is 0.319 e. The molecule has 0 aliphatic carbocycles. The number of carbonyl (C=O) groups is 1. The Morgan fingerprint density at radius 2 is 1.62 bits per heavy atom. The number of halogens is 2. The zero-order valence-electron chi connectivity index (χ0n) is 14.7. The fourth-order valence-electron chi connectivity index (χ4n) is 2.35. The van der Waals surface area contributed by atoms with E-state index in [2.05, 4.69) is 10.6 Å². The Hall–Kier alpha value is -2.31. The summed E-state index contributed by atoms with van der Waals surface area (Å²) in [5.74, 6) is 1.67. The van der Waals surface area contributed by atoms with Crippen molar-refractivity contribution in [2.45, 2.75) is 6.42 Å². The molecule has 140 valence electrons. The Morgan fingerprint density at radius 1 is 0.962 bits per heavy atom. The highest BCUT2D eigenvalue weighted by Gasteiger charge is 2.13. The maximum Gasteiger partial charge on any atom is 0.319 e. The third-order valence-corrected chi connectivity index (χ3v) is 4.34. The van der Waals surface area contributed by atoms with Crippen molar-refractivity contribution in [2.75, 3.05) is 33.2 Å². The maximum atomic E-state index is 12.0. The first-order valence-corrected chi connectivity index (χ1v) is 8.52. The van der Waals surface area contributed by atoms with Gasteiger partial charge in [0.25, 0.3) is 0 Å². The average Bonchev–Trinajstić information content (AvgIpc) is 2.63. The van der Waals surface area contributed by atoms with E-state index in [0.29, 0.717) is 45.9 Å². The van der Waals surface area contributed by atoms with Crippen LogP contribution in [0.4, 0.5) is 10.5 Å². The molecule has 6 nitrogen and oxygen atoms in total. The number of hydrogen-bond donors (Lipinski definition) is 2. The second kappa shape index (κ2) is 9.40. The summed E-state index contributed by atoms with van der Waals surface area (Å²) in [6, 6.07) is 8.24. The van der Waals surface area contributed by atoms with Gasteiger partial charge >= 0.3 is 6.03 Å². The molecule has 0 saturated carbocycles. The molecular formula is C18H20Cl2N2O4. The average molecular weight is 399 g/mol. The van der Waals surface area contributed by atoms with E-state index in [0.717, 1.165) is 5.56 Å². The zero-order valence-corrected chi connectivity index (χ0v) is 16.2. The summed E-state index contributed by atoms with van der Waals surface area (Å²) >= 11 is 11.8. The van der Waals surface area contributed by atoms with Gasteiger partial charge in [-0.2, -0.15) is 0 Å². The van der Waals surface area contributed by atoms with Gasteiger partial charge in [0.2, 0.25) is 5.75 Å². The van der Waals surface area contributed by atoms with Crippen LogP contribution in [0.3, 0.4) is 0 Å². The van der Waals surface area contributed by atoms with Crippen LogP contribution in [-0.4, -0.2) is 33.9 Å². The normalized spacial score (nSPS) is 10.2. The zero-order chi connectivity index (χ0) is 19.1. The molecule has 0 aliphatic heterocycles. The van der Waals surface area contributed by atoms with Gasteiger partial charge in [-0.3, -0.25) is 0 Å². The van der Waals surface area contributed by atoms with Crippen molar-refractivity contribution in [3.8, 4) is 17.2 Å². The molecule has 0 aromatic heterocycles. The quantitative estimate of drug-likeness (QED) is 0.725. The molecule has 0 saturated heterocycles. The minimum absolute atomic E-state index is 0.337. The lowest BCUT2D eigenvalue weighted by atomic mass is 10.1. The summed E-state index contributed by atoms with van der Waals surface area (Å²) in [5, 5.41) is 6.28. The van der Waals surface area contributed by atoms with Gasteiger partial charge in [0.05, 0.1) is 31.4 Å². The lowest BCUT2D eigenvalue weighted by molar-refractivity contribution is 0.252. The minimum Gasteiger partial charge on any atom is -0.493 e. The number of benzene rings is 2. The van der Waals surface area contributed by atoms with Gasteiger partial charge in [0, 0.05) is 12.2 Å². The predicted molar refractivity (Wildman–Crippen MR) is 103 cm³/mol. The Labute approximate surface area is 162 Å². The molecule has 2 N–H and O–H groups in total. The molecule has 0 bridgehead atoms. The molecule has 8 heteroatoms. The van der Waals surface area contributed by atoms with Crippen molar-refractivity contribution in [2.24, 2.45) is 0 Å². The molecule has 0 fully saturated rings. The second-order valence-electron chi connectivity index (χ2n) is 5.29. The highest BCUT2D eigenvalue weighted by atomic mass is 35.5. The van der Waals surface area contributed by atoms with Gasteiger partial charge in [-0.1, -0.05) is 23.2 Å². The number of nitrogens with one attached hydrogen (secondary N) is 2. The molecule has 0 atom stereocenters. The standard InChI is InChI=1S/C18H20Cl2N2O4/c1-24-15-8-11(9-16(25-2)17(15)26-3)6-7-21-18(23)22-12-4-5-13(19)14(20)10-12/h4-5,8-10H,6-7H2,1-3H3,(H2,21,22,23). The summed E-state index contributed by atoms with van der Waals surface area (Å²) in [7, 11) is 4.67. The van der Waals surface area contributed by atoms with Crippen molar-refractivity contribution in [1.29, 1.82) is 0 Å². The molecule has 0 aliphatic rings. The Kier molecular flexibility index (Phi) is 7.24. The lowest BCUT2D eigenvalue weighted by Crippen LogP contribution is -2.30. The van der Waals surface area contributed by atoms with Crippen LogP contribution in [0.25, 0.3) is 0 Å². The van der Waals surface area contributed by atoms with Crippen LogP contribution in [0.1, 0.15) is 5.56 Å². The first-order chi connectivity index (χ1) is 12.5. The number of carbonyl (C=O) groups excluding carboxylic acids is 1. The maximum absolute atomic E-state index is 12.0. The number of amides is 2. The molecule has 2 aromatic carbocycles. The van der Waals surface area contributed by atoms with Crippen molar-refractivity contribution in [3.05, 3.63) is 45.9 Å². The molecule has 2 amide bonds. The van der Waals surface area contributed by atoms with Gasteiger partial charge in [-0.25, -0.2) is 4.79 Å². The van der Waals surface area contributed by atoms with Gasteiger partial charge in [-0.15, -0.1) is 0 Å². The van der Waals surface area contributed by atoms with Crippen molar-refractivity contribution in [1.82, 2.24) is 5.32 Å². The summed E-state index contributed by atoms with van der Waals surface area (Å²) in [6.45, 7) is 0.422.